The highest BCUT2D eigenvalue weighted by Crippen LogP contribution is 2.32. The average Bonchev–Trinajstić information content (AvgIpc) is 3.44. The normalized spacial score (nSPS) is 18.7. The van der Waals surface area contributed by atoms with E-state index in [1.54, 1.807) is 23.1 Å². The monoisotopic (exact) mass is 393 g/mol. The van der Waals surface area contributed by atoms with Crippen molar-refractivity contribution in [1.82, 2.24) is 25.3 Å². The molecule has 1 atom stereocenters. The fourth-order valence-electron chi connectivity index (χ4n) is 3.96. The number of hydrogen-bond acceptors (Lipinski definition) is 6. The first kappa shape index (κ1) is 17.9. The van der Waals surface area contributed by atoms with Crippen molar-refractivity contribution in [2.24, 2.45) is 0 Å². The maximum atomic E-state index is 13.1. The molecule has 1 aromatic carbocycles. The summed E-state index contributed by atoms with van der Waals surface area (Å²) in [6, 6.07) is 7.36. The van der Waals surface area contributed by atoms with Crippen LogP contribution >= 0.6 is 0 Å². The summed E-state index contributed by atoms with van der Waals surface area (Å²) < 4.78 is 18.4. The quantitative estimate of drug-likeness (QED) is 0.737. The van der Waals surface area contributed by atoms with Crippen molar-refractivity contribution in [2.45, 2.75) is 31.8 Å². The summed E-state index contributed by atoms with van der Waals surface area (Å²) >= 11 is 0. The molecule has 29 heavy (non-hydrogen) atoms. The third-order valence-corrected chi connectivity index (χ3v) is 5.50. The Morgan fingerprint density at radius 2 is 2.14 bits per heavy atom. The molecular formula is C21H20FN5O2. The topological polar surface area (TPSA) is 84.2 Å². The van der Waals surface area contributed by atoms with Crippen molar-refractivity contribution in [3.05, 3.63) is 65.2 Å². The highest BCUT2D eigenvalue weighted by Gasteiger charge is 2.34. The van der Waals surface area contributed by atoms with Gasteiger partial charge in [-0.25, -0.2) is 14.4 Å². The summed E-state index contributed by atoms with van der Waals surface area (Å²) in [5.41, 5.74) is 3.38. The smallest absolute Gasteiger partial charge is 0.293 e. The molecule has 1 saturated heterocycles. The second kappa shape index (κ2) is 7.36. The maximum absolute atomic E-state index is 13.1. The number of nitrogens with one attached hydrogen (secondary N) is 1. The molecule has 2 aliphatic heterocycles. The molecule has 148 valence electrons. The molecule has 2 aliphatic rings. The number of hydrogen-bond donors (Lipinski definition) is 1. The van der Waals surface area contributed by atoms with Crippen LogP contribution in [0.3, 0.4) is 0 Å². The first-order valence-electron chi connectivity index (χ1n) is 9.78. The van der Waals surface area contributed by atoms with Gasteiger partial charge in [-0.1, -0.05) is 5.16 Å². The molecule has 4 heterocycles. The van der Waals surface area contributed by atoms with Crippen LogP contribution in [0.5, 0.6) is 0 Å². The highest BCUT2D eigenvalue weighted by atomic mass is 19.1. The fourth-order valence-corrected chi connectivity index (χ4v) is 3.96. The summed E-state index contributed by atoms with van der Waals surface area (Å²) in [6.07, 6.45) is 4.44. The van der Waals surface area contributed by atoms with Gasteiger partial charge in [0.2, 0.25) is 5.76 Å². The number of fused-ring (bicyclic) bond motifs is 1. The number of amides is 1. The Bertz CT molecular complexity index is 1050. The van der Waals surface area contributed by atoms with Crippen LogP contribution in [-0.4, -0.2) is 39.0 Å². The van der Waals surface area contributed by atoms with Crippen LogP contribution in [0.1, 0.15) is 46.5 Å². The van der Waals surface area contributed by atoms with E-state index in [1.165, 1.54) is 12.1 Å². The number of nitrogens with zero attached hydrogens (tertiary/aromatic N) is 4. The van der Waals surface area contributed by atoms with Gasteiger partial charge in [-0.05, 0) is 37.1 Å². The van der Waals surface area contributed by atoms with Crippen molar-refractivity contribution in [3.8, 4) is 11.3 Å². The zero-order valence-corrected chi connectivity index (χ0v) is 15.8. The summed E-state index contributed by atoms with van der Waals surface area (Å²) in [7, 11) is 0. The van der Waals surface area contributed by atoms with E-state index >= 15 is 0 Å². The molecule has 1 unspecified atom stereocenters. The zero-order valence-electron chi connectivity index (χ0n) is 15.8. The van der Waals surface area contributed by atoms with Crippen LogP contribution in [-0.2, 0) is 13.0 Å². The van der Waals surface area contributed by atoms with E-state index in [4.69, 9.17) is 9.51 Å². The molecule has 2 aromatic heterocycles. The predicted octanol–water partition coefficient (Wildman–Crippen LogP) is 2.89. The molecule has 1 amide bonds. The Balaban J connectivity index is 1.39. The minimum Gasteiger partial charge on any atom is -0.350 e. The molecule has 0 bridgehead atoms. The first-order chi connectivity index (χ1) is 14.2. The number of rotatable bonds is 3. The van der Waals surface area contributed by atoms with Crippen molar-refractivity contribution < 1.29 is 13.7 Å². The van der Waals surface area contributed by atoms with Gasteiger partial charge in [0.1, 0.15) is 11.5 Å². The Hall–Kier alpha value is -3.13. The van der Waals surface area contributed by atoms with Crippen molar-refractivity contribution in [3.63, 3.8) is 0 Å². The van der Waals surface area contributed by atoms with Crippen LogP contribution < -0.4 is 5.32 Å². The molecule has 1 fully saturated rings. The molecular weight excluding hydrogens is 373 g/mol. The van der Waals surface area contributed by atoms with Crippen molar-refractivity contribution in [2.75, 3.05) is 13.1 Å². The number of carbonyl (C=O) groups is 1. The van der Waals surface area contributed by atoms with E-state index in [9.17, 15) is 9.18 Å². The molecule has 0 aliphatic carbocycles. The third kappa shape index (κ3) is 3.40. The number of benzene rings is 1. The van der Waals surface area contributed by atoms with Gasteiger partial charge in [0.25, 0.3) is 5.91 Å². The Morgan fingerprint density at radius 1 is 1.28 bits per heavy atom. The summed E-state index contributed by atoms with van der Waals surface area (Å²) in [6.45, 7) is 2.31. The van der Waals surface area contributed by atoms with Crippen LogP contribution in [0.4, 0.5) is 4.39 Å². The lowest BCUT2D eigenvalue weighted by Crippen LogP contribution is -2.32. The van der Waals surface area contributed by atoms with Gasteiger partial charge in [-0.15, -0.1) is 0 Å². The van der Waals surface area contributed by atoms with Crippen LogP contribution in [0.15, 0.2) is 41.1 Å². The molecule has 8 heteroatoms. The largest absolute Gasteiger partial charge is 0.350 e. The lowest BCUT2D eigenvalue weighted by Gasteiger charge is -2.24. The summed E-state index contributed by atoms with van der Waals surface area (Å²) in [5.74, 6) is 0.304. The Kier molecular flexibility index (Phi) is 4.55. The third-order valence-electron chi connectivity index (χ3n) is 5.50. The second-order valence-corrected chi connectivity index (χ2v) is 7.37. The highest BCUT2D eigenvalue weighted by molar-refractivity contribution is 5.92. The van der Waals surface area contributed by atoms with E-state index in [2.05, 4.69) is 15.5 Å². The van der Waals surface area contributed by atoms with E-state index < -0.39 is 0 Å². The lowest BCUT2D eigenvalue weighted by atomic mass is 10.1. The minimum atomic E-state index is -0.325. The van der Waals surface area contributed by atoms with Crippen LogP contribution in [0.2, 0.25) is 0 Å². The van der Waals surface area contributed by atoms with E-state index in [-0.39, 0.29) is 23.5 Å². The van der Waals surface area contributed by atoms with Gasteiger partial charge in [0.05, 0.1) is 6.04 Å². The summed E-state index contributed by atoms with van der Waals surface area (Å²) in [5, 5.41) is 7.29. The van der Waals surface area contributed by atoms with Gasteiger partial charge in [0.15, 0.2) is 5.82 Å². The molecule has 3 aromatic rings. The Morgan fingerprint density at radius 3 is 3.00 bits per heavy atom. The SMILES string of the molecule is O=C(c1cc(-c2ccc(F)cc2)no1)N1CCCC1c1ncc2c(n1)CCNC2. The van der Waals surface area contributed by atoms with Gasteiger partial charge in [-0.2, -0.15) is 0 Å². The zero-order chi connectivity index (χ0) is 19.8. The van der Waals surface area contributed by atoms with Gasteiger partial charge >= 0.3 is 0 Å². The number of halogens is 1. The van der Waals surface area contributed by atoms with E-state index in [0.29, 0.717) is 23.6 Å². The van der Waals surface area contributed by atoms with Crippen LogP contribution in [0.25, 0.3) is 11.3 Å². The second-order valence-electron chi connectivity index (χ2n) is 7.37. The molecule has 0 radical (unpaired) electrons. The molecule has 0 spiro atoms. The average molecular weight is 393 g/mol. The predicted molar refractivity (Wildman–Crippen MR) is 102 cm³/mol. The minimum absolute atomic E-state index is 0.165. The molecule has 0 saturated carbocycles. The maximum Gasteiger partial charge on any atom is 0.293 e. The van der Waals surface area contributed by atoms with Crippen molar-refractivity contribution >= 4 is 5.91 Å². The molecule has 7 nitrogen and oxygen atoms in total. The lowest BCUT2D eigenvalue weighted by molar-refractivity contribution is 0.0687. The van der Waals surface area contributed by atoms with E-state index in [1.807, 2.05) is 6.20 Å². The number of carbonyl (C=O) groups excluding carboxylic acids is 1. The molecule has 5 rings (SSSR count). The number of likely N-dealkylation sites (tertiary alicyclic amines) is 1. The standard InChI is InChI=1S/C21H20FN5O2/c22-15-5-3-13(4-6-15)17-10-19(29-26-17)21(28)27-9-1-2-18(27)20-24-12-14-11-23-8-7-16(14)25-20/h3-6,10,12,18,23H,1-2,7-9,11H2. The first-order valence-corrected chi connectivity index (χ1v) is 9.78. The van der Waals surface area contributed by atoms with Crippen molar-refractivity contribution in [1.29, 1.82) is 0 Å². The van der Waals surface area contributed by atoms with Gasteiger partial charge < -0.3 is 14.7 Å². The molecule has 1 N–H and O–H groups in total. The van der Waals surface area contributed by atoms with E-state index in [0.717, 1.165) is 43.6 Å². The van der Waals surface area contributed by atoms with Crippen LogP contribution in [0, 0.1) is 5.82 Å². The number of aromatic nitrogens is 3. The van der Waals surface area contributed by atoms with Gasteiger partial charge in [-0.3, -0.25) is 4.79 Å². The fraction of sp³-hybridized carbons (Fsp3) is 0.333. The van der Waals surface area contributed by atoms with Gasteiger partial charge in [0, 0.05) is 55.1 Å². The Labute approximate surface area is 166 Å². The summed E-state index contributed by atoms with van der Waals surface area (Å²) in [4.78, 5) is 24.1.